The summed E-state index contributed by atoms with van der Waals surface area (Å²) in [7, 11) is 0. The van der Waals surface area contributed by atoms with Gasteiger partial charge in [-0.25, -0.2) is 0 Å². The molecule has 0 aromatic heterocycles. The van der Waals surface area contributed by atoms with Gasteiger partial charge in [0.15, 0.2) is 0 Å². The Morgan fingerprint density at radius 2 is 1.65 bits per heavy atom. The molecule has 1 saturated heterocycles. The average Bonchev–Trinajstić information content (AvgIpc) is 2.29. The van der Waals surface area contributed by atoms with Gasteiger partial charge in [-0.3, -0.25) is 4.90 Å². The molecule has 2 N–H and O–H groups in total. The fraction of sp³-hybridized carbons (Fsp3) is 1.00. The predicted octanol–water partition coefficient (Wildman–Crippen LogP) is 0.230. The van der Waals surface area contributed by atoms with Crippen LogP contribution in [0.5, 0.6) is 0 Å². The molecule has 0 aromatic rings. The minimum atomic E-state index is -0.234. The number of piperazine rings is 1. The predicted molar refractivity (Wildman–Crippen MR) is 72.3 cm³/mol. The van der Waals surface area contributed by atoms with E-state index in [9.17, 15) is 5.11 Å². The fourth-order valence-electron chi connectivity index (χ4n) is 2.19. The Bertz CT molecular complexity index is 191. The maximum atomic E-state index is 9.92. The van der Waals surface area contributed by atoms with Crippen molar-refractivity contribution in [2.45, 2.75) is 26.9 Å². The molecule has 1 unspecified atom stereocenters. The van der Waals surface area contributed by atoms with E-state index < -0.39 is 0 Å². The van der Waals surface area contributed by atoms with E-state index in [1.807, 2.05) is 0 Å². The summed E-state index contributed by atoms with van der Waals surface area (Å²) in [5.41, 5.74) is 0. The first-order valence-corrected chi connectivity index (χ1v) is 6.95. The average molecular weight is 243 g/mol. The number of likely N-dealkylation sites (N-methyl/N-ethyl adjacent to an activating group) is 1. The number of β-amino-alcohol motifs (C(OH)–C–C–N with tert-alkyl or cyclic N) is 1. The molecule has 4 nitrogen and oxygen atoms in total. The SMILES string of the molecule is CCN1CCN(CC(O)CNCC(C)C)CC1. The maximum Gasteiger partial charge on any atom is 0.0791 e. The van der Waals surface area contributed by atoms with Gasteiger partial charge in [0.25, 0.3) is 0 Å². The normalized spacial score (nSPS) is 21.0. The van der Waals surface area contributed by atoms with Gasteiger partial charge < -0.3 is 15.3 Å². The summed E-state index contributed by atoms with van der Waals surface area (Å²) in [6, 6.07) is 0. The van der Waals surface area contributed by atoms with Gasteiger partial charge in [0, 0.05) is 39.3 Å². The highest BCUT2D eigenvalue weighted by atomic mass is 16.3. The Hall–Kier alpha value is -0.160. The largest absolute Gasteiger partial charge is 0.390 e. The number of aliphatic hydroxyl groups excluding tert-OH is 1. The molecule has 1 atom stereocenters. The van der Waals surface area contributed by atoms with E-state index >= 15 is 0 Å². The third-order valence-corrected chi connectivity index (χ3v) is 3.31. The Morgan fingerprint density at radius 1 is 1.06 bits per heavy atom. The van der Waals surface area contributed by atoms with Crippen LogP contribution in [-0.2, 0) is 0 Å². The topological polar surface area (TPSA) is 38.7 Å². The fourth-order valence-corrected chi connectivity index (χ4v) is 2.19. The van der Waals surface area contributed by atoms with Gasteiger partial charge in [-0.05, 0) is 19.0 Å². The van der Waals surface area contributed by atoms with Crippen molar-refractivity contribution in [3.05, 3.63) is 0 Å². The third kappa shape index (κ3) is 6.36. The Kier molecular flexibility index (Phi) is 7.04. The van der Waals surface area contributed by atoms with Crippen molar-refractivity contribution >= 4 is 0 Å². The Labute approximate surface area is 106 Å². The lowest BCUT2D eigenvalue weighted by molar-refractivity contribution is 0.0740. The maximum absolute atomic E-state index is 9.92. The molecule has 0 saturated carbocycles. The molecule has 0 bridgehead atoms. The number of nitrogens with zero attached hydrogens (tertiary/aromatic N) is 2. The zero-order valence-corrected chi connectivity index (χ0v) is 11.7. The molecule has 1 rings (SSSR count). The lowest BCUT2D eigenvalue weighted by Crippen LogP contribution is -2.49. The molecule has 17 heavy (non-hydrogen) atoms. The second-order valence-electron chi connectivity index (χ2n) is 5.44. The van der Waals surface area contributed by atoms with Crippen LogP contribution in [0.25, 0.3) is 0 Å². The smallest absolute Gasteiger partial charge is 0.0791 e. The van der Waals surface area contributed by atoms with Gasteiger partial charge in [0.2, 0.25) is 0 Å². The first-order valence-electron chi connectivity index (χ1n) is 6.95. The van der Waals surface area contributed by atoms with Gasteiger partial charge in [-0.2, -0.15) is 0 Å². The van der Waals surface area contributed by atoms with Crippen LogP contribution >= 0.6 is 0 Å². The lowest BCUT2D eigenvalue weighted by atomic mass is 10.2. The van der Waals surface area contributed by atoms with Crippen molar-refractivity contribution in [2.75, 3.05) is 52.4 Å². The first kappa shape index (κ1) is 14.9. The van der Waals surface area contributed by atoms with Crippen molar-refractivity contribution in [1.29, 1.82) is 0 Å². The van der Waals surface area contributed by atoms with E-state index in [0.29, 0.717) is 12.5 Å². The molecule has 0 radical (unpaired) electrons. The van der Waals surface area contributed by atoms with Crippen molar-refractivity contribution in [3.63, 3.8) is 0 Å². The van der Waals surface area contributed by atoms with Crippen molar-refractivity contribution in [3.8, 4) is 0 Å². The highest BCUT2D eigenvalue weighted by Crippen LogP contribution is 2.02. The van der Waals surface area contributed by atoms with E-state index in [-0.39, 0.29) is 6.10 Å². The molecule has 4 heteroatoms. The second kappa shape index (κ2) is 8.03. The van der Waals surface area contributed by atoms with Crippen LogP contribution in [0.4, 0.5) is 0 Å². The van der Waals surface area contributed by atoms with E-state index in [1.165, 1.54) is 0 Å². The molecule has 0 aliphatic carbocycles. The number of aliphatic hydroxyl groups is 1. The highest BCUT2D eigenvalue weighted by Gasteiger charge is 2.17. The van der Waals surface area contributed by atoms with Gasteiger partial charge in [0.1, 0.15) is 0 Å². The van der Waals surface area contributed by atoms with Crippen molar-refractivity contribution in [2.24, 2.45) is 5.92 Å². The van der Waals surface area contributed by atoms with Gasteiger partial charge in [0.05, 0.1) is 6.10 Å². The summed E-state index contributed by atoms with van der Waals surface area (Å²) in [6.07, 6.45) is -0.234. The molecule has 1 heterocycles. The molecule has 0 spiro atoms. The monoisotopic (exact) mass is 243 g/mol. The second-order valence-corrected chi connectivity index (χ2v) is 5.44. The molecule has 0 amide bonds. The summed E-state index contributed by atoms with van der Waals surface area (Å²) in [5.74, 6) is 0.648. The van der Waals surface area contributed by atoms with Crippen molar-refractivity contribution < 1.29 is 5.11 Å². The molecular formula is C13H29N3O. The van der Waals surface area contributed by atoms with E-state index in [2.05, 4.69) is 35.9 Å². The van der Waals surface area contributed by atoms with Crippen LogP contribution in [0.15, 0.2) is 0 Å². The Morgan fingerprint density at radius 3 is 2.18 bits per heavy atom. The van der Waals surface area contributed by atoms with Crippen LogP contribution in [0.3, 0.4) is 0 Å². The number of rotatable bonds is 7. The molecular weight excluding hydrogens is 214 g/mol. The minimum absolute atomic E-state index is 0.234. The van der Waals surface area contributed by atoms with E-state index in [0.717, 1.165) is 45.8 Å². The number of hydrogen-bond acceptors (Lipinski definition) is 4. The van der Waals surface area contributed by atoms with Crippen molar-refractivity contribution in [1.82, 2.24) is 15.1 Å². The molecule has 1 aliphatic heterocycles. The lowest BCUT2D eigenvalue weighted by Gasteiger charge is -2.35. The quantitative estimate of drug-likeness (QED) is 0.671. The zero-order chi connectivity index (χ0) is 12.7. The zero-order valence-electron chi connectivity index (χ0n) is 11.7. The third-order valence-electron chi connectivity index (χ3n) is 3.31. The first-order chi connectivity index (χ1) is 8.11. The summed E-state index contributed by atoms with van der Waals surface area (Å²) in [4.78, 5) is 4.83. The van der Waals surface area contributed by atoms with E-state index in [1.54, 1.807) is 0 Å². The van der Waals surface area contributed by atoms with Crippen LogP contribution in [0.1, 0.15) is 20.8 Å². The molecule has 0 aromatic carbocycles. The minimum Gasteiger partial charge on any atom is -0.390 e. The van der Waals surface area contributed by atoms with Gasteiger partial charge >= 0.3 is 0 Å². The highest BCUT2D eigenvalue weighted by molar-refractivity contribution is 4.74. The molecule has 1 aliphatic rings. The Balaban J connectivity index is 2.08. The summed E-state index contributed by atoms with van der Waals surface area (Å²) in [6.45, 7) is 14.7. The number of nitrogens with one attached hydrogen (secondary N) is 1. The summed E-state index contributed by atoms with van der Waals surface area (Å²) < 4.78 is 0. The number of hydrogen-bond donors (Lipinski definition) is 2. The van der Waals surface area contributed by atoms with Gasteiger partial charge in [-0.15, -0.1) is 0 Å². The molecule has 1 fully saturated rings. The van der Waals surface area contributed by atoms with Crippen LogP contribution < -0.4 is 5.32 Å². The standard InChI is InChI=1S/C13H29N3O/c1-4-15-5-7-16(8-6-15)11-13(17)10-14-9-12(2)3/h12-14,17H,4-11H2,1-3H3. The summed E-state index contributed by atoms with van der Waals surface area (Å²) >= 11 is 0. The van der Waals surface area contributed by atoms with Gasteiger partial charge in [-0.1, -0.05) is 20.8 Å². The van der Waals surface area contributed by atoms with Crippen LogP contribution in [0.2, 0.25) is 0 Å². The summed E-state index contributed by atoms with van der Waals surface area (Å²) in [5, 5.41) is 13.2. The van der Waals surface area contributed by atoms with Crippen LogP contribution in [-0.4, -0.2) is 73.4 Å². The van der Waals surface area contributed by atoms with Crippen LogP contribution in [0, 0.1) is 5.92 Å². The van der Waals surface area contributed by atoms with E-state index in [4.69, 9.17) is 0 Å². The molecule has 102 valence electrons.